The molecule has 1 atom stereocenters. The van der Waals surface area contributed by atoms with Gasteiger partial charge in [0.2, 0.25) is 16.9 Å². The van der Waals surface area contributed by atoms with Crippen molar-refractivity contribution in [3.05, 3.63) is 69.9 Å². The van der Waals surface area contributed by atoms with Gasteiger partial charge in [0.15, 0.2) is 17.3 Å². The van der Waals surface area contributed by atoms with E-state index >= 15 is 0 Å². The lowest BCUT2D eigenvalue weighted by Crippen LogP contribution is -2.17. The second-order valence-electron chi connectivity index (χ2n) is 6.20. The SMILES string of the molecule is COc1cc(C(Nc2ccccn2)c2oc(CO)cc(=O)c2O)cc(OC)c1OC. The number of hydrogen-bond donors (Lipinski definition) is 3. The van der Waals surface area contributed by atoms with E-state index in [-0.39, 0.29) is 11.5 Å². The van der Waals surface area contributed by atoms with Crippen LogP contribution in [0, 0.1) is 0 Å². The predicted octanol–water partition coefficient (Wildman–Crippen LogP) is 2.46. The molecule has 0 aliphatic rings. The molecule has 0 bridgehead atoms. The maximum atomic E-state index is 12.2. The number of methoxy groups -OCH3 is 3. The Balaban J connectivity index is 2.23. The Morgan fingerprint density at radius 1 is 1.10 bits per heavy atom. The first kappa shape index (κ1) is 21.0. The van der Waals surface area contributed by atoms with E-state index in [1.165, 1.54) is 21.3 Å². The van der Waals surface area contributed by atoms with Gasteiger partial charge in [0, 0.05) is 12.3 Å². The molecule has 0 spiro atoms. The highest BCUT2D eigenvalue weighted by molar-refractivity contribution is 5.57. The molecule has 158 valence electrons. The van der Waals surface area contributed by atoms with E-state index < -0.39 is 23.8 Å². The summed E-state index contributed by atoms with van der Waals surface area (Å²) in [6.07, 6.45) is 1.59. The molecule has 1 unspecified atom stereocenters. The molecule has 9 nitrogen and oxygen atoms in total. The third-order valence-corrected chi connectivity index (χ3v) is 4.40. The van der Waals surface area contributed by atoms with Crippen LogP contribution in [-0.2, 0) is 6.61 Å². The van der Waals surface area contributed by atoms with E-state index in [0.29, 0.717) is 28.6 Å². The Labute approximate surface area is 172 Å². The standard InChI is InChI=1S/C21H22N2O7/c1-27-15-8-12(9-16(28-2)20(15)29-3)18(23-17-6-4-5-7-22-17)21-19(26)14(25)10-13(11-24)30-21/h4-10,18,24,26H,11H2,1-3H3,(H,22,23). The largest absolute Gasteiger partial charge is 0.502 e. The minimum absolute atomic E-state index is 0.00747. The third-order valence-electron chi connectivity index (χ3n) is 4.40. The van der Waals surface area contributed by atoms with Crippen molar-refractivity contribution in [2.24, 2.45) is 0 Å². The Hall–Kier alpha value is -3.72. The summed E-state index contributed by atoms with van der Waals surface area (Å²) in [5, 5.41) is 23.0. The van der Waals surface area contributed by atoms with Gasteiger partial charge in [-0.1, -0.05) is 6.07 Å². The van der Waals surface area contributed by atoms with Gasteiger partial charge in [-0.15, -0.1) is 0 Å². The highest BCUT2D eigenvalue weighted by atomic mass is 16.5. The number of aromatic nitrogens is 1. The van der Waals surface area contributed by atoms with Crippen LogP contribution in [0.2, 0.25) is 0 Å². The highest BCUT2D eigenvalue weighted by Gasteiger charge is 2.27. The molecular weight excluding hydrogens is 392 g/mol. The third kappa shape index (κ3) is 4.15. The summed E-state index contributed by atoms with van der Waals surface area (Å²) in [7, 11) is 4.44. The summed E-state index contributed by atoms with van der Waals surface area (Å²) >= 11 is 0. The topological polar surface area (TPSA) is 123 Å². The van der Waals surface area contributed by atoms with Crippen molar-refractivity contribution in [1.29, 1.82) is 0 Å². The summed E-state index contributed by atoms with van der Waals surface area (Å²) in [5.74, 6) is 0.927. The number of nitrogens with zero attached hydrogens (tertiary/aromatic N) is 1. The van der Waals surface area contributed by atoms with Crippen LogP contribution in [0.1, 0.15) is 23.1 Å². The van der Waals surface area contributed by atoms with Gasteiger partial charge in [-0.25, -0.2) is 4.98 Å². The van der Waals surface area contributed by atoms with Crippen LogP contribution in [0.3, 0.4) is 0 Å². The number of nitrogens with one attached hydrogen (secondary N) is 1. The molecule has 0 aliphatic heterocycles. The van der Waals surface area contributed by atoms with Gasteiger partial charge in [-0.2, -0.15) is 0 Å². The maximum absolute atomic E-state index is 12.2. The summed E-state index contributed by atoms with van der Waals surface area (Å²) in [6.45, 7) is -0.506. The minimum Gasteiger partial charge on any atom is -0.502 e. The average molecular weight is 414 g/mol. The molecule has 0 amide bonds. The normalized spacial score (nSPS) is 11.6. The summed E-state index contributed by atoms with van der Waals surface area (Å²) in [6, 6.07) is 8.74. The molecule has 2 heterocycles. The van der Waals surface area contributed by atoms with Crippen molar-refractivity contribution in [2.45, 2.75) is 12.6 Å². The van der Waals surface area contributed by atoms with Gasteiger partial charge in [-0.05, 0) is 29.8 Å². The van der Waals surface area contributed by atoms with Gasteiger partial charge in [0.05, 0.1) is 21.3 Å². The Morgan fingerprint density at radius 3 is 2.33 bits per heavy atom. The average Bonchev–Trinajstić information content (AvgIpc) is 2.79. The first-order valence-electron chi connectivity index (χ1n) is 8.96. The van der Waals surface area contributed by atoms with Crippen LogP contribution in [0.5, 0.6) is 23.0 Å². The molecule has 3 N–H and O–H groups in total. The molecule has 0 fully saturated rings. The molecule has 2 aromatic heterocycles. The quantitative estimate of drug-likeness (QED) is 0.510. The zero-order valence-electron chi connectivity index (χ0n) is 16.7. The fourth-order valence-electron chi connectivity index (χ4n) is 2.99. The Kier molecular flexibility index (Phi) is 6.43. The van der Waals surface area contributed by atoms with E-state index in [1.807, 2.05) is 0 Å². The number of aromatic hydroxyl groups is 1. The van der Waals surface area contributed by atoms with E-state index in [4.69, 9.17) is 18.6 Å². The lowest BCUT2D eigenvalue weighted by Gasteiger charge is -2.22. The van der Waals surface area contributed by atoms with Crippen LogP contribution >= 0.6 is 0 Å². The summed E-state index contributed by atoms with van der Waals surface area (Å²) in [4.78, 5) is 16.5. The molecular formula is C21H22N2O7. The lowest BCUT2D eigenvalue weighted by molar-refractivity contribution is 0.234. The fourth-order valence-corrected chi connectivity index (χ4v) is 2.99. The smallest absolute Gasteiger partial charge is 0.227 e. The van der Waals surface area contributed by atoms with Crippen LogP contribution in [-0.4, -0.2) is 36.5 Å². The molecule has 0 aliphatic carbocycles. The van der Waals surface area contributed by atoms with Gasteiger partial charge < -0.3 is 34.2 Å². The molecule has 30 heavy (non-hydrogen) atoms. The Morgan fingerprint density at radius 2 is 1.80 bits per heavy atom. The second kappa shape index (κ2) is 9.19. The van der Waals surface area contributed by atoms with Gasteiger partial charge in [0.1, 0.15) is 24.2 Å². The molecule has 0 saturated carbocycles. The zero-order valence-corrected chi connectivity index (χ0v) is 16.7. The monoisotopic (exact) mass is 414 g/mol. The number of aliphatic hydroxyl groups is 1. The lowest BCUT2D eigenvalue weighted by atomic mass is 10.0. The molecule has 0 radical (unpaired) electrons. The van der Waals surface area contributed by atoms with Crippen molar-refractivity contribution >= 4 is 5.82 Å². The number of aliphatic hydroxyl groups excluding tert-OH is 1. The molecule has 3 aromatic rings. The summed E-state index contributed by atoms with van der Waals surface area (Å²) < 4.78 is 21.8. The molecule has 3 rings (SSSR count). The number of anilines is 1. The number of hydrogen-bond acceptors (Lipinski definition) is 9. The van der Waals surface area contributed by atoms with Crippen molar-refractivity contribution in [3.8, 4) is 23.0 Å². The van der Waals surface area contributed by atoms with Gasteiger partial charge in [0.25, 0.3) is 0 Å². The van der Waals surface area contributed by atoms with E-state index in [0.717, 1.165) is 6.07 Å². The van der Waals surface area contributed by atoms with Crippen LogP contribution < -0.4 is 25.0 Å². The van der Waals surface area contributed by atoms with Crippen LogP contribution in [0.4, 0.5) is 5.82 Å². The zero-order chi connectivity index (χ0) is 21.7. The van der Waals surface area contributed by atoms with Crippen molar-refractivity contribution in [1.82, 2.24) is 4.98 Å². The van der Waals surface area contributed by atoms with E-state index in [2.05, 4.69) is 10.3 Å². The predicted molar refractivity (Wildman–Crippen MR) is 108 cm³/mol. The van der Waals surface area contributed by atoms with Crippen molar-refractivity contribution in [2.75, 3.05) is 26.6 Å². The second-order valence-corrected chi connectivity index (χ2v) is 6.20. The van der Waals surface area contributed by atoms with Crippen molar-refractivity contribution in [3.63, 3.8) is 0 Å². The van der Waals surface area contributed by atoms with Gasteiger partial charge in [-0.3, -0.25) is 4.79 Å². The van der Waals surface area contributed by atoms with Crippen LogP contribution in [0.15, 0.2) is 51.8 Å². The summed E-state index contributed by atoms with van der Waals surface area (Å²) in [5.41, 5.74) is -0.149. The first-order chi connectivity index (χ1) is 14.5. The fraction of sp³-hybridized carbons (Fsp3) is 0.238. The van der Waals surface area contributed by atoms with E-state index in [1.54, 1.807) is 36.5 Å². The number of rotatable bonds is 8. The van der Waals surface area contributed by atoms with Crippen LogP contribution in [0.25, 0.3) is 0 Å². The van der Waals surface area contributed by atoms with E-state index in [9.17, 15) is 15.0 Å². The molecule has 0 saturated heterocycles. The molecule has 1 aromatic carbocycles. The highest BCUT2D eigenvalue weighted by Crippen LogP contribution is 2.42. The number of pyridine rings is 1. The van der Waals surface area contributed by atoms with Gasteiger partial charge >= 0.3 is 0 Å². The minimum atomic E-state index is -0.868. The Bertz CT molecular complexity index is 1040. The maximum Gasteiger partial charge on any atom is 0.227 e. The number of ether oxygens (including phenoxy) is 3. The first-order valence-corrected chi connectivity index (χ1v) is 8.96. The van der Waals surface area contributed by atoms with Crippen molar-refractivity contribution < 1.29 is 28.8 Å². The molecule has 9 heteroatoms. The number of benzene rings is 1.